The van der Waals surface area contributed by atoms with E-state index in [1.165, 1.54) is 12.0 Å². The third-order valence-corrected chi connectivity index (χ3v) is 3.59. The summed E-state index contributed by atoms with van der Waals surface area (Å²) in [7, 11) is 1.47. The topological polar surface area (TPSA) is 131 Å². The summed E-state index contributed by atoms with van der Waals surface area (Å²) in [6.45, 7) is 0.0674. The first-order valence-electron chi connectivity index (χ1n) is 7.56. The van der Waals surface area contributed by atoms with Crippen LogP contribution in [0, 0.1) is 0 Å². The molecule has 0 saturated carbocycles. The summed E-state index contributed by atoms with van der Waals surface area (Å²) in [5.41, 5.74) is 5.36. The first kappa shape index (κ1) is 18.3. The number of aromatic amines is 1. The Bertz CT molecular complexity index is 844. The molecule has 0 aliphatic heterocycles. The van der Waals surface area contributed by atoms with E-state index in [1.807, 2.05) is 6.07 Å². The van der Waals surface area contributed by atoms with Crippen LogP contribution in [-0.2, 0) is 22.6 Å². The van der Waals surface area contributed by atoms with Crippen LogP contribution < -0.4 is 21.9 Å². The monoisotopic (exact) mass is 348 g/mol. The van der Waals surface area contributed by atoms with Gasteiger partial charge in [-0.2, -0.15) is 0 Å². The zero-order valence-electron chi connectivity index (χ0n) is 13.8. The molecule has 0 radical (unpaired) electrons. The number of nitrogens with two attached hydrogens (primary N) is 1. The van der Waals surface area contributed by atoms with Gasteiger partial charge in [0.05, 0.1) is 13.2 Å². The minimum atomic E-state index is -1.12. The van der Waals surface area contributed by atoms with Crippen LogP contribution in [0.2, 0.25) is 0 Å². The van der Waals surface area contributed by atoms with Crippen molar-refractivity contribution < 1.29 is 14.6 Å². The highest BCUT2D eigenvalue weighted by Gasteiger charge is 2.21. The molecule has 0 fully saturated rings. The van der Waals surface area contributed by atoms with Gasteiger partial charge in [-0.15, -0.1) is 0 Å². The van der Waals surface area contributed by atoms with E-state index >= 15 is 0 Å². The number of hydrogen-bond acceptors (Lipinski definition) is 6. The fourth-order valence-corrected chi connectivity index (χ4v) is 2.47. The fraction of sp³-hybridized carbons (Fsp3) is 0.312. The molecule has 134 valence electrons. The second-order valence-corrected chi connectivity index (χ2v) is 5.37. The number of benzene rings is 1. The molecule has 2 rings (SSSR count). The zero-order valence-corrected chi connectivity index (χ0v) is 13.8. The SMILES string of the molecule is COCCn1c(N)c(N(CC(=O)O)Cc2ccccc2)c(=O)[nH]c1=O. The first-order valence-corrected chi connectivity index (χ1v) is 7.56. The third kappa shape index (κ3) is 4.48. The summed E-state index contributed by atoms with van der Waals surface area (Å²) >= 11 is 0. The Morgan fingerprint density at radius 3 is 2.60 bits per heavy atom. The van der Waals surface area contributed by atoms with Crippen molar-refractivity contribution in [3.05, 3.63) is 56.7 Å². The molecule has 9 heteroatoms. The molecule has 0 aliphatic carbocycles. The molecule has 0 unspecified atom stereocenters. The number of carbonyl (C=O) groups is 1. The van der Waals surface area contributed by atoms with Gasteiger partial charge < -0.3 is 20.5 Å². The van der Waals surface area contributed by atoms with Crippen LogP contribution in [0.4, 0.5) is 11.5 Å². The maximum Gasteiger partial charge on any atom is 0.330 e. The van der Waals surface area contributed by atoms with Crippen molar-refractivity contribution in [2.45, 2.75) is 13.1 Å². The molecular formula is C16H20N4O5. The Balaban J connectivity index is 2.50. The van der Waals surface area contributed by atoms with Crippen LogP contribution >= 0.6 is 0 Å². The molecule has 0 amide bonds. The van der Waals surface area contributed by atoms with Crippen LogP contribution in [0.25, 0.3) is 0 Å². The molecule has 0 saturated heterocycles. The Morgan fingerprint density at radius 2 is 2.00 bits per heavy atom. The van der Waals surface area contributed by atoms with Crippen LogP contribution in [-0.4, -0.2) is 40.9 Å². The maximum atomic E-state index is 12.3. The third-order valence-electron chi connectivity index (χ3n) is 3.59. The molecular weight excluding hydrogens is 328 g/mol. The standard InChI is InChI=1S/C16H20N4O5/c1-25-8-7-20-14(17)13(15(23)18-16(20)24)19(10-12(21)22)9-11-5-3-2-4-6-11/h2-6H,7-10,17H2,1H3,(H,21,22)(H,18,23,24). The quantitative estimate of drug-likeness (QED) is 0.605. The number of ether oxygens (including phenoxy) is 1. The predicted octanol–water partition coefficient (Wildman–Crippen LogP) is -0.144. The predicted molar refractivity (Wildman–Crippen MR) is 92.7 cm³/mol. The van der Waals surface area contributed by atoms with Crippen molar-refractivity contribution in [1.82, 2.24) is 9.55 Å². The maximum absolute atomic E-state index is 12.3. The molecule has 0 bridgehead atoms. The molecule has 2 aromatic rings. The van der Waals surface area contributed by atoms with Crippen molar-refractivity contribution in [2.24, 2.45) is 0 Å². The second-order valence-electron chi connectivity index (χ2n) is 5.37. The number of nitrogen functional groups attached to an aromatic ring is 1. The van der Waals surface area contributed by atoms with Crippen LogP contribution in [0.3, 0.4) is 0 Å². The van der Waals surface area contributed by atoms with Gasteiger partial charge in [0.15, 0.2) is 0 Å². The lowest BCUT2D eigenvalue weighted by atomic mass is 10.2. The van der Waals surface area contributed by atoms with Gasteiger partial charge in [-0.3, -0.25) is 19.1 Å². The van der Waals surface area contributed by atoms with Crippen molar-refractivity contribution in [3.8, 4) is 0 Å². The highest BCUT2D eigenvalue weighted by molar-refractivity contribution is 5.76. The van der Waals surface area contributed by atoms with Crippen molar-refractivity contribution >= 4 is 17.5 Å². The molecule has 25 heavy (non-hydrogen) atoms. The van der Waals surface area contributed by atoms with E-state index in [2.05, 4.69) is 4.98 Å². The minimum Gasteiger partial charge on any atom is -0.480 e. The summed E-state index contributed by atoms with van der Waals surface area (Å²) in [5.74, 6) is -1.22. The Hall–Kier alpha value is -3.07. The highest BCUT2D eigenvalue weighted by atomic mass is 16.5. The molecule has 1 aromatic carbocycles. The van der Waals surface area contributed by atoms with Crippen LogP contribution in [0.1, 0.15) is 5.56 Å². The van der Waals surface area contributed by atoms with Gasteiger partial charge in [0, 0.05) is 13.7 Å². The normalized spacial score (nSPS) is 10.6. The Kier molecular flexibility index (Phi) is 5.96. The average Bonchev–Trinajstić information content (AvgIpc) is 2.54. The summed E-state index contributed by atoms with van der Waals surface area (Å²) in [4.78, 5) is 39.0. The number of nitrogens with one attached hydrogen (secondary N) is 1. The number of carboxylic acids is 1. The van der Waals surface area contributed by atoms with Gasteiger partial charge in [0.25, 0.3) is 5.56 Å². The number of methoxy groups -OCH3 is 1. The van der Waals surface area contributed by atoms with Crippen LogP contribution in [0.15, 0.2) is 39.9 Å². The summed E-state index contributed by atoms with van der Waals surface area (Å²) in [5, 5.41) is 9.19. The minimum absolute atomic E-state index is 0.0537. The van der Waals surface area contributed by atoms with E-state index in [4.69, 9.17) is 10.5 Å². The van der Waals surface area contributed by atoms with Gasteiger partial charge in [-0.1, -0.05) is 30.3 Å². The summed E-state index contributed by atoms with van der Waals surface area (Å²) < 4.78 is 6.08. The number of carboxylic acid groups (broad SMARTS) is 1. The first-order chi connectivity index (χ1) is 11.9. The smallest absolute Gasteiger partial charge is 0.330 e. The number of rotatable bonds is 8. The lowest BCUT2D eigenvalue weighted by Gasteiger charge is -2.24. The fourth-order valence-electron chi connectivity index (χ4n) is 2.47. The molecule has 9 nitrogen and oxygen atoms in total. The van der Waals surface area contributed by atoms with Gasteiger partial charge in [-0.25, -0.2) is 4.79 Å². The number of aromatic nitrogens is 2. The van der Waals surface area contributed by atoms with E-state index in [9.17, 15) is 19.5 Å². The molecule has 1 heterocycles. The zero-order chi connectivity index (χ0) is 18.4. The summed E-state index contributed by atoms with van der Waals surface area (Å²) in [6.07, 6.45) is 0. The van der Waals surface area contributed by atoms with Crippen LogP contribution in [0.5, 0.6) is 0 Å². The van der Waals surface area contributed by atoms with E-state index in [0.29, 0.717) is 0 Å². The molecule has 0 atom stereocenters. The number of nitrogens with zero attached hydrogens (tertiary/aromatic N) is 2. The Morgan fingerprint density at radius 1 is 1.32 bits per heavy atom. The second kappa shape index (κ2) is 8.15. The summed E-state index contributed by atoms with van der Waals surface area (Å²) in [6, 6.07) is 9.06. The van der Waals surface area contributed by atoms with Gasteiger partial charge in [0.1, 0.15) is 18.1 Å². The number of H-pyrrole nitrogens is 1. The number of aliphatic carboxylic acids is 1. The average molecular weight is 348 g/mol. The molecule has 4 N–H and O–H groups in total. The lowest BCUT2D eigenvalue weighted by molar-refractivity contribution is -0.135. The van der Waals surface area contributed by atoms with Crippen molar-refractivity contribution in [3.63, 3.8) is 0 Å². The molecule has 0 aliphatic rings. The van der Waals surface area contributed by atoms with Gasteiger partial charge in [-0.05, 0) is 5.56 Å². The molecule has 0 spiro atoms. The number of hydrogen-bond donors (Lipinski definition) is 3. The molecule has 1 aromatic heterocycles. The van der Waals surface area contributed by atoms with Crippen molar-refractivity contribution in [2.75, 3.05) is 30.9 Å². The van der Waals surface area contributed by atoms with E-state index in [0.717, 1.165) is 10.1 Å². The Labute approximate surface area is 143 Å². The van der Waals surface area contributed by atoms with E-state index in [1.54, 1.807) is 24.3 Å². The number of anilines is 2. The van der Waals surface area contributed by atoms with E-state index in [-0.39, 0.29) is 31.2 Å². The highest BCUT2D eigenvalue weighted by Crippen LogP contribution is 2.19. The van der Waals surface area contributed by atoms with Gasteiger partial charge in [0.2, 0.25) is 0 Å². The van der Waals surface area contributed by atoms with Crippen molar-refractivity contribution in [1.29, 1.82) is 0 Å². The lowest BCUT2D eigenvalue weighted by Crippen LogP contribution is -2.40. The van der Waals surface area contributed by atoms with E-state index < -0.39 is 23.8 Å². The van der Waals surface area contributed by atoms with Gasteiger partial charge >= 0.3 is 11.7 Å². The largest absolute Gasteiger partial charge is 0.480 e.